The Hall–Kier alpha value is -0.950. The molecule has 1 aromatic rings. The molecule has 1 fully saturated rings. The normalized spacial score (nSPS) is 24.6. The zero-order chi connectivity index (χ0) is 23.5. The minimum atomic E-state index is -0.461. The molecule has 0 bridgehead atoms. The lowest BCUT2D eigenvalue weighted by Gasteiger charge is -2.21. The van der Waals surface area contributed by atoms with Crippen molar-refractivity contribution in [2.45, 2.75) is 84.3 Å². The fraction of sp³-hybridized carbons (Fsp3) is 0.654. The number of aliphatic hydroxyl groups is 2. The summed E-state index contributed by atoms with van der Waals surface area (Å²) in [6.07, 6.45) is 14.3. The van der Waals surface area contributed by atoms with Crippen molar-refractivity contribution in [1.29, 1.82) is 0 Å². The molecule has 1 aromatic heterocycles. The van der Waals surface area contributed by atoms with E-state index in [1.54, 1.807) is 11.3 Å². The van der Waals surface area contributed by atoms with Crippen LogP contribution in [0, 0.1) is 24.7 Å². The molecule has 180 valence electrons. The van der Waals surface area contributed by atoms with Gasteiger partial charge in [0.15, 0.2) is 0 Å². The number of thiophene rings is 1. The summed E-state index contributed by atoms with van der Waals surface area (Å²) in [5, 5.41) is 24.0. The molecule has 1 amide bonds. The summed E-state index contributed by atoms with van der Waals surface area (Å²) in [5.41, 5.74) is 0. The van der Waals surface area contributed by atoms with Gasteiger partial charge in [-0.25, -0.2) is 0 Å². The first-order valence-electron chi connectivity index (χ1n) is 12.1. The monoisotopic (exact) mass is 525 g/mol. The third-order valence-corrected chi connectivity index (χ3v) is 8.67. The number of rotatable bonds is 13. The van der Waals surface area contributed by atoms with E-state index < -0.39 is 6.10 Å². The molecule has 1 aliphatic carbocycles. The molecule has 1 aliphatic rings. The molecule has 0 radical (unpaired) electrons. The third kappa shape index (κ3) is 8.77. The smallest absolute Gasteiger partial charge is 0.219 e. The fourth-order valence-electron chi connectivity index (χ4n) is 4.62. The number of unbranched alkanes of at least 4 members (excludes halogenated alkanes) is 1. The quantitative estimate of drug-likeness (QED) is 0.220. The Balaban J connectivity index is 1.84. The van der Waals surface area contributed by atoms with E-state index in [0.29, 0.717) is 31.2 Å². The molecule has 0 spiro atoms. The first kappa shape index (κ1) is 27.3. The Morgan fingerprint density at radius 3 is 2.81 bits per heavy atom. The number of allylic oxidation sites excluding steroid dienone is 3. The van der Waals surface area contributed by atoms with Crippen molar-refractivity contribution in [2.75, 3.05) is 6.54 Å². The molecule has 32 heavy (non-hydrogen) atoms. The number of carbonyl (C=O) groups excluding carboxylic acids is 1. The molecule has 0 aliphatic heterocycles. The van der Waals surface area contributed by atoms with Crippen LogP contribution in [0.25, 0.3) is 0 Å². The minimum absolute atomic E-state index is 0.114. The molecule has 0 saturated heterocycles. The number of amides is 1. The summed E-state index contributed by atoms with van der Waals surface area (Å²) < 4.78 is 1.15. The Morgan fingerprint density at radius 1 is 1.38 bits per heavy atom. The van der Waals surface area contributed by atoms with Gasteiger partial charge in [-0.1, -0.05) is 37.6 Å². The fourth-order valence-corrected chi connectivity index (χ4v) is 6.24. The van der Waals surface area contributed by atoms with Gasteiger partial charge in [0.25, 0.3) is 0 Å². The van der Waals surface area contributed by atoms with Crippen LogP contribution < -0.4 is 5.32 Å². The maximum Gasteiger partial charge on any atom is 0.219 e. The van der Waals surface area contributed by atoms with Gasteiger partial charge >= 0.3 is 0 Å². The van der Waals surface area contributed by atoms with Crippen LogP contribution in [0.15, 0.2) is 34.8 Å². The average Bonchev–Trinajstić information content (AvgIpc) is 3.25. The number of nitrogens with one attached hydrogen (secondary N) is 1. The Kier molecular flexibility index (Phi) is 12.2. The molecule has 3 N–H and O–H groups in total. The van der Waals surface area contributed by atoms with E-state index in [-0.39, 0.29) is 17.9 Å². The molecule has 5 atom stereocenters. The molecule has 6 heteroatoms. The Morgan fingerprint density at radius 2 is 2.16 bits per heavy atom. The molecule has 2 rings (SSSR count). The van der Waals surface area contributed by atoms with Gasteiger partial charge in [-0.2, -0.15) is 0 Å². The number of hydrogen-bond acceptors (Lipinski definition) is 4. The zero-order valence-electron chi connectivity index (χ0n) is 19.7. The minimum Gasteiger partial charge on any atom is -0.393 e. The van der Waals surface area contributed by atoms with Crippen molar-refractivity contribution in [1.82, 2.24) is 5.32 Å². The highest BCUT2D eigenvalue weighted by atomic mass is 79.9. The molecule has 0 aromatic carbocycles. The standard InChI is InChI=1S/C26H40BrNO3S/c1-4-19-16-25(30)23(10-8-6-7-9-11-26(31)28-5-2)22(19)15-13-20(29)12-14-21-17-24(27)18(3)32-21/h6,8,13,15,17,19-20,22-23,25,29-30H,4-5,7,9-12,14,16H2,1-3H3,(H,28,31)/b8-6-,15-13+/t19?,20-,22-,23+,25?/m0/s1. The van der Waals surface area contributed by atoms with Gasteiger partial charge < -0.3 is 15.5 Å². The van der Waals surface area contributed by atoms with Gasteiger partial charge in [0.05, 0.1) is 12.2 Å². The SMILES string of the molecule is CCNC(=O)CCC/C=C\C[C@H]1C(O)CC(CC)[C@@H]1/C=C/[C@@H](O)CCc1cc(Br)c(C)s1. The highest BCUT2D eigenvalue weighted by molar-refractivity contribution is 9.10. The van der Waals surface area contributed by atoms with Crippen molar-refractivity contribution in [2.24, 2.45) is 17.8 Å². The molecule has 1 heterocycles. The van der Waals surface area contributed by atoms with E-state index in [1.165, 1.54) is 9.75 Å². The molecule has 1 saturated carbocycles. The molecule has 2 unspecified atom stereocenters. The number of halogens is 1. The number of aryl methyl sites for hydroxylation is 2. The van der Waals surface area contributed by atoms with Crippen LogP contribution in [0.5, 0.6) is 0 Å². The lowest BCUT2D eigenvalue weighted by molar-refractivity contribution is -0.121. The van der Waals surface area contributed by atoms with Crippen molar-refractivity contribution in [3.8, 4) is 0 Å². The van der Waals surface area contributed by atoms with E-state index in [0.717, 1.165) is 43.0 Å². The first-order valence-corrected chi connectivity index (χ1v) is 13.7. The summed E-state index contributed by atoms with van der Waals surface area (Å²) in [6.45, 7) is 6.90. The van der Waals surface area contributed by atoms with Crippen LogP contribution in [0.2, 0.25) is 0 Å². The maximum absolute atomic E-state index is 11.5. The van der Waals surface area contributed by atoms with E-state index in [1.807, 2.05) is 13.0 Å². The van der Waals surface area contributed by atoms with Crippen molar-refractivity contribution < 1.29 is 15.0 Å². The predicted octanol–water partition coefficient (Wildman–Crippen LogP) is 5.94. The first-order chi connectivity index (χ1) is 15.3. The summed E-state index contributed by atoms with van der Waals surface area (Å²) in [6, 6.07) is 2.15. The third-order valence-electron chi connectivity index (χ3n) is 6.48. The van der Waals surface area contributed by atoms with Gasteiger partial charge in [-0.05, 0) is 92.1 Å². The van der Waals surface area contributed by atoms with Gasteiger partial charge in [0, 0.05) is 27.2 Å². The zero-order valence-corrected chi connectivity index (χ0v) is 22.1. The maximum atomic E-state index is 11.5. The average molecular weight is 527 g/mol. The summed E-state index contributed by atoms with van der Waals surface area (Å²) in [5.74, 6) is 1.06. The van der Waals surface area contributed by atoms with Crippen LogP contribution in [0.1, 0.15) is 68.5 Å². The highest BCUT2D eigenvalue weighted by Gasteiger charge is 2.39. The number of hydrogen-bond donors (Lipinski definition) is 3. The van der Waals surface area contributed by atoms with Crippen LogP contribution in [-0.2, 0) is 11.2 Å². The van der Waals surface area contributed by atoms with E-state index >= 15 is 0 Å². The Bertz CT molecular complexity index is 741. The van der Waals surface area contributed by atoms with Gasteiger partial charge in [0.2, 0.25) is 5.91 Å². The highest BCUT2D eigenvalue weighted by Crippen LogP contribution is 2.42. The summed E-state index contributed by atoms with van der Waals surface area (Å²) in [7, 11) is 0. The Labute approximate surface area is 206 Å². The topological polar surface area (TPSA) is 69.6 Å². The van der Waals surface area contributed by atoms with Crippen molar-refractivity contribution >= 4 is 33.2 Å². The number of aliphatic hydroxyl groups excluding tert-OH is 2. The van der Waals surface area contributed by atoms with Crippen molar-refractivity contribution in [3.05, 3.63) is 44.6 Å². The lowest BCUT2D eigenvalue weighted by atomic mass is 9.85. The van der Waals surface area contributed by atoms with Crippen molar-refractivity contribution in [3.63, 3.8) is 0 Å². The lowest BCUT2D eigenvalue weighted by Crippen LogP contribution is -2.21. The molecular weight excluding hydrogens is 486 g/mol. The second-order valence-corrected chi connectivity index (χ2v) is 11.1. The second-order valence-electron chi connectivity index (χ2n) is 8.87. The largest absolute Gasteiger partial charge is 0.393 e. The van der Waals surface area contributed by atoms with Crippen LogP contribution >= 0.6 is 27.3 Å². The second kappa shape index (κ2) is 14.3. The van der Waals surface area contributed by atoms with Gasteiger partial charge in [-0.3, -0.25) is 4.79 Å². The predicted molar refractivity (Wildman–Crippen MR) is 138 cm³/mol. The van der Waals surface area contributed by atoms with Crippen LogP contribution in [0.4, 0.5) is 0 Å². The summed E-state index contributed by atoms with van der Waals surface area (Å²) >= 11 is 5.34. The van der Waals surface area contributed by atoms with E-state index in [9.17, 15) is 15.0 Å². The molecular formula is C26H40BrNO3S. The van der Waals surface area contributed by atoms with Gasteiger partial charge in [-0.15, -0.1) is 11.3 Å². The van der Waals surface area contributed by atoms with Crippen LogP contribution in [0.3, 0.4) is 0 Å². The van der Waals surface area contributed by atoms with Gasteiger partial charge in [0.1, 0.15) is 0 Å². The number of carbonyl (C=O) groups is 1. The summed E-state index contributed by atoms with van der Waals surface area (Å²) in [4.78, 5) is 14.1. The van der Waals surface area contributed by atoms with Crippen LogP contribution in [-0.4, -0.2) is 34.9 Å². The van der Waals surface area contributed by atoms with E-state index in [2.05, 4.69) is 59.4 Å². The van der Waals surface area contributed by atoms with E-state index in [4.69, 9.17) is 0 Å². The molecule has 4 nitrogen and oxygen atoms in total.